The van der Waals surface area contributed by atoms with E-state index < -0.39 is 12.1 Å². The standard InChI is InChI=1S/C20H25NO5/c1-6-21-13(2)11-18(14(21)3)19(22)12-25-20(23)15(4)26-17-9-7-16(24-5)8-10-17/h7-11,15H,6,12H2,1-5H3. The van der Waals surface area contributed by atoms with Crippen LogP contribution >= 0.6 is 0 Å². The number of methoxy groups -OCH3 is 1. The predicted molar refractivity (Wildman–Crippen MR) is 98.0 cm³/mol. The molecule has 140 valence electrons. The molecule has 1 aromatic carbocycles. The van der Waals surface area contributed by atoms with Crippen LogP contribution in [0.1, 0.15) is 35.6 Å². The molecule has 0 spiro atoms. The monoisotopic (exact) mass is 359 g/mol. The van der Waals surface area contributed by atoms with Crippen LogP contribution in [0.2, 0.25) is 0 Å². The van der Waals surface area contributed by atoms with Gasteiger partial charge in [0, 0.05) is 23.5 Å². The predicted octanol–water partition coefficient (Wildman–Crippen LogP) is 3.33. The Balaban J connectivity index is 1.91. The van der Waals surface area contributed by atoms with Gasteiger partial charge in [-0.2, -0.15) is 0 Å². The van der Waals surface area contributed by atoms with Crippen molar-refractivity contribution in [1.29, 1.82) is 0 Å². The minimum atomic E-state index is -0.820. The third-order valence-electron chi connectivity index (χ3n) is 4.24. The first-order chi connectivity index (χ1) is 12.4. The van der Waals surface area contributed by atoms with Gasteiger partial charge in [0.25, 0.3) is 0 Å². The highest BCUT2D eigenvalue weighted by atomic mass is 16.6. The van der Waals surface area contributed by atoms with Gasteiger partial charge < -0.3 is 18.8 Å². The molecular weight excluding hydrogens is 334 g/mol. The Bertz CT molecular complexity index is 776. The van der Waals surface area contributed by atoms with Crippen LogP contribution in [0.4, 0.5) is 0 Å². The molecule has 1 atom stereocenters. The van der Waals surface area contributed by atoms with E-state index in [1.807, 2.05) is 31.4 Å². The molecular formula is C20H25NO5. The van der Waals surface area contributed by atoms with Crippen LogP contribution in [0.5, 0.6) is 11.5 Å². The molecule has 0 fully saturated rings. The van der Waals surface area contributed by atoms with Crippen LogP contribution in [0, 0.1) is 13.8 Å². The fraction of sp³-hybridized carbons (Fsp3) is 0.400. The minimum Gasteiger partial charge on any atom is -0.497 e. The summed E-state index contributed by atoms with van der Waals surface area (Å²) in [6.45, 7) is 7.93. The first-order valence-corrected chi connectivity index (χ1v) is 8.54. The molecule has 0 radical (unpaired) electrons. The summed E-state index contributed by atoms with van der Waals surface area (Å²) < 4.78 is 17.8. The molecule has 1 heterocycles. The number of rotatable bonds is 8. The lowest BCUT2D eigenvalue weighted by Crippen LogP contribution is -2.28. The molecule has 6 nitrogen and oxygen atoms in total. The Hall–Kier alpha value is -2.76. The zero-order valence-corrected chi connectivity index (χ0v) is 15.9. The molecule has 0 saturated carbocycles. The SMILES string of the molecule is CCn1c(C)cc(C(=O)COC(=O)C(C)Oc2ccc(OC)cc2)c1C. The van der Waals surface area contributed by atoms with Gasteiger partial charge in [-0.15, -0.1) is 0 Å². The number of hydrogen-bond acceptors (Lipinski definition) is 5. The van der Waals surface area contributed by atoms with E-state index in [4.69, 9.17) is 14.2 Å². The van der Waals surface area contributed by atoms with Crippen molar-refractivity contribution < 1.29 is 23.8 Å². The molecule has 1 unspecified atom stereocenters. The highest BCUT2D eigenvalue weighted by Crippen LogP contribution is 2.19. The lowest BCUT2D eigenvalue weighted by molar-refractivity contribution is -0.149. The first-order valence-electron chi connectivity index (χ1n) is 8.54. The van der Waals surface area contributed by atoms with E-state index >= 15 is 0 Å². The fourth-order valence-electron chi connectivity index (χ4n) is 2.81. The van der Waals surface area contributed by atoms with Crippen LogP contribution in [-0.4, -0.2) is 36.1 Å². The van der Waals surface area contributed by atoms with Crippen LogP contribution in [0.15, 0.2) is 30.3 Å². The van der Waals surface area contributed by atoms with E-state index in [1.54, 1.807) is 38.3 Å². The Morgan fingerprint density at radius 2 is 1.73 bits per heavy atom. The van der Waals surface area contributed by atoms with Gasteiger partial charge in [0.05, 0.1) is 7.11 Å². The summed E-state index contributed by atoms with van der Waals surface area (Å²) in [6.07, 6.45) is -0.820. The number of esters is 1. The maximum absolute atomic E-state index is 12.4. The van der Waals surface area contributed by atoms with E-state index in [0.717, 1.165) is 17.9 Å². The minimum absolute atomic E-state index is 0.220. The first kappa shape index (κ1) is 19.6. The van der Waals surface area contributed by atoms with Gasteiger partial charge in [-0.3, -0.25) is 4.79 Å². The second-order valence-electron chi connectivity index (χ2n) is 6.00. The number of aromatic nitrogens is 1. The van der Waals surface area contributed by atoms with Crippen LogP contribution in [-0.2, 0) is 16.1 Å². The van der Waals surface area contributed by atoms with Crippen LogP contribution in [0.3, 0.4) is 0 Å². The average Bonchev–Trinajstić information content (AvgIpc) is 2.93. The van der Waals surface area contributed by atoms with Gasteiger partial charge in [0.15, 0.2) is 12.7 Å². The summed E-state index contributed by atoms with van der Waals surface area (Å²) in [7, 11) is 1.57. The molecule has 26 heavy (non-hydrogen) atoms. The quantitative estimate of drug-likeness (QED) is 0.534. The van der Waals surface area contributed by atoms with E-state index in [0.29, 0.717) is 17.1 Å². The number of ether oxygens (including phenoxy) is 3. The van der Waals surface area contributed by atoms with Gasteiger partial charge >= 0.3 is 5.97 Å². The molecule has 0 saturated heterocycles. The second-order valence-corrected chi connectivity index (χ2v) is 6.00. The summed E-state index contributed by atoms with van der Waals surface area (Å²) in [5, 5.41) is 0. The Labute approximate surface area is 153 Å². The van der Waals surface area contributed by atoms with Crippen molar-refractivity contribution in [3.05, 3.63) is 47.3 Å². The van der Waals surface area contributed by atoms with Crippen LogP contribution < -0.4 is 9.47 Å². The molecule has 2 rings (SSSR count). The summed E-state index contributed by atoms with van der Waals surface area (Å²) in [5.74, 6) is 0.414. The molecule has 1 aromatic heterocycles. The van der Waals surface area contributed by atoms with E-state index in [1.165, 1.54) is 0 Å². The number of nitrogens with zero attached hydrogens (tertiary/aromatic N) is 1. The molecule has 0 amide bonds. The largest absolute Gasteiger partial charge is 0.497 e. The third kappa shape index (κ3) is 4.45. The van der Waals surface area contributed by atoms with Crippen molar-refractivity contribution in [3.63, 3.8) is 0 Å². The van der Waals surface area contributed by atoms with E-state index in [9.17, 15) is 9.59 Å². The third-order valence-corrected chi connectivity index (χ3v) is 4.24. The molecule has 2 aromatic rings. The van der Waals surface area contributed by atoms with Crippen molar-refractivity contribution in [3.8, 4) is 11.5 Å². The van der Waals surface area contributed by atoms with E-state index in [2.05, 4.69) is 0 Å². The van der Waals surface area contributed by atoms with Gasteiger partial charge in [-0.05, 0) is 58.0 Å². The zero-order valence-electron chi connectivity index (χ0n) is 15.9. The van der Waals surface area contributed by atoms with Gasteiger partial charge in [0.1, 0.15) is 11.5 Å². The number of carbonyl (C=O) groups excluding carboxylic acids is 2. The lowest BCUT2D eigenvalue weighted by Gasteiger charge is -2.14. The molecule has 0 N–H and O–H groups in total. The summed E-state index contributed by atoms with van der Waals surface area (Å²) in [4.78, 5) is 24.4. The second kappa shape index (κ2) is 8.56. The lowest BCUT2D eigenvalue weighted by atomic mass is 10.1. The van der Waals surface area contributed by atoms with Crippen LogP contribution in [0.25, 0.3) is 0 Å². The summed E-state index contributed by atoms with van der Waals surface area (Å²) >= 11 is 0. The maximum Gasteiger partial charge on any atom is 0.347 e. The number of carbonyl (C=O) groups is 2. The van der Waals surface area contributed by atoms with Gasteiger partial charge in [-0.1, -0.05) is 0 Å². The normalized spacial score (nSPS) is 11.7. The summed E-state index contributed by atoms with van der Waals surface area (Å²) in [5.41, 5.74) is 2.48. The number of Topliss-reactive ketones (excluding diaryl/α,β-unsaturated/α-hetero) is 1. The highest BCUT2D eigenvalue weighted by Gasteiger charge is 2.20. The van der Waals surface area contributed by atoms with Gasteiger partial charge in [0.2, 0.25) is 5.78 Å². The number of ketones is 1. The van der Waals surface area contributed by atoms with Gasteiger partial charge in [-0.25, -0.2) is 4.79 Å². The number of hydrogen-bond donors (Lipinski definition) is 0. The summed E-state index contributed by atoms with van der Waals surface area (Å²) in [6, 6.07) is 8.70. The zero-order chi connectivity index (χ0) is 19.3. The number of benzene rings is 1. The maximum atomic E-state index is 12.4. The number of aryl methyl sites for hydroxylation is 1. The van der Waals surface area contributed by atoms with Crippen molar-refractivity contribution in [2.24, 2.45) is 0 Å². The highest BCUT2D eigenvalue weighted by molar-refractivity contribution is 5.99. The fourth-order valence-corrected chi connectivity index (χ4v) is 2.81. The topological polar surface area (TPSA) is 66.8 Å². The van der Waals surface area contributed by atoms with Crippen molar-refractivity contribution in [2.75, 3.05) is 13.7 Å². The molecule has 6 heteroatoms. The average molecular weight is 359 g/mol. The smallest absolute Gasteiger partial charge is 0.347 e. The van der Waals surface area contributed by atoms with Crippen molar-refractivity contribution in [1.82, 2.24) is 4.57 Å². The Morgan fingerprint density at radius 3 is 2.27 bits per heavy atom. The Morgan fingerprint density at radius 1 is 1.12 bits per heavy atom. The van der Waals surface area contributed by atoms with Crippen molar-refractivity contribution >= 4 is 11.8 Å². The molecule has 0 aliphatic rings. The molecule has 0 aliphatic heterocycles. The van der Waals surface area contributed by atoms with E-state index in [-0.39, 0.29) is 12.4 Å². The Kier molecular flexibility index (Phi) is 6.44. The van der Waals surface area contributed by atoms with Crippen molar-refractivity contribution in [2.45, 2.75) is 40.3 Å². The molecule has 0 bridgehead atoms. The molecule has 0 aliphatic carbocycles.